The lowest BCUT2D eigenvalue weighted by Gasteiger charge is -2.55. The summed E-state index contributed by atoms with van der Waals surface area (Å²) in [5, 5.41) is 10.7. The Bertz CT molecular complexity index is 827. The maximum Gasteiger partial charge on any atom is 0.226 e. The Morgan fingerprint density at radius 1 is 1.14 bits per heavy atom. The molecule has 1 amide bonds. The Labute approximate surface area is 165 Å². The summed E-state index contributed by atoms with van der Waals surface area (Å²) in [5.74, 6) is 4.83. The summed E-state index contributed by atoms with van der Waals surface area (Å²) in [7, 11) is 0. The van der Waals surface area contributed by atoms with E-state index in [1.54, 1.807) is 10.9 Å². The van der Waals surface area contributed by atoms with Gasteiger partial charge in [-0.2, -0.15) is 5.10 Å². The first-order valence-electron chi connectivity index (χ1n) is 10.5. The van der Waals surface area contributed by atoms with Gasteiger partial charge in [0, 0.05) is 37.0 Å². The first kappa shape index (κ1) is 17.6. The minimum Gasteiger partial charge on any atom is -0.368 e. The Kier molecular flexibility index (Phi) is 4.33. The smallest absolute Gasteiger partial charge is 0.226 e. The van der Waals surface area contributed by atoms with Crippen LogP contribution >= 0.6 is 0 Å². The first-order valence-corrected chi connectivity index (χ1v) is 10.5. The molecule has 0 radical (unpaired) electrons. The monoisotopic (exact) mass is 380 g/mol. The van der Waals surface area contributed by atoms with Crippen molar-refractivity contribution in [1.82, 2.24) is 25.1 Å². The lowest BCUT2D eigenvalue weighted by atomic mass is 9.49. The lowest BCUT2D eigenvalue weighted by Crippen LogP contribution is -2.54. The first-order chi connectivity index (χ1) is 13.6. The fourth-order valence-corrected chi connectivity index (χ4v) is 6.11. The molecule has 148 valence electrons. The zero-order valence-corrected chi connectivity index (χ0v) is 16.4. The maximum atomic E-state index is 13.0. The van der Waals surface area contributed by atoms with E-state index >= 15 is 0 Å². The molecule has 2 aromatic rings. The highest BCUT2D eigenvalue weighted by Crippen LogP contribution is 2.60. The zero-order chi connectivity index (χ0) is 19.1. The van der Waals surface area contributed by atoms with Gasteiger partial charge in [0.1, 0.15) is 11.6 Å². The standard InChI is InChI=1S/C21H28N6O/c1-14-25-18(10-19(26-14)27-6-2-3-24-27)22-4-5-23-20(28)21-11-15-7-16(12-21)9-17(8-15)13-21/h2-3,6,10,15-17H,4-5,7-9,11-13H2,1H3,(H,23,28)(H,22,25,26). The molecule has 0 atom stereocenters. The molecule has 0 unspecified atom stereocenters. The summed E-state index contributed by atoms with van der Waals surface area (Å²) in [6.45, 7) is 3.13. The molecule has 4 bridgehead atoms. The number of aromatic nitrogens is 4. The van der Waals surface area contributed by atoms with Crippen molar-refractivity contribution in [2.24, 2.45) is 23.2 Å². The van der Waals surface area contributed by atoms with Gasteiger partial charge in [-0.25, -0.2) is 14.6 Å². The van der Waals surface area contributed by atoms with Crippen LogP contribution in [-0.2, 0) is 4.79 Å². The highest BCUT2D eigenvalue weighted by atomic mass is 16.2. The lowest BCUT2D eigenvalue weighted by molar-refractivity contribution is -0.146. The number of aryl methyl sites for hydroxylation is 1. The largest absolute Gasteiger partial charge is 0.368 e. The van der Waals surface area contributed by atoms with Gasteiger partial charge in [0.15, 0.2) is 5.82 Å². The molecule has 4 aliphatic rings. The van der Waals surface area contributed by atoms with E-state index in [0.29, 0.717) is 18.9 Å². The highest BCUT2D eigenvalue weighted by molar-refractivity contribution is 5.83. The molecule has 6 rings (SSSR count). The molecule has 4 aliphatic carbocycles. The normalized spacial score (nSPS) is 30.4. The van der Waals surface area contributed by atoms with E-state index in [2.05, 4.69) is 25.7 Å². The van der Waals surface area contributed by atoms with Crippen LogP contribution in [0.25, 0.3) is 5.82 Å². The molecule has 0 aliphatic heterocycles. The quantitative estimate of drug-likeness (QED) is 0.753. The van der Waals surface area contributed by atoms with Gasteiger partial charge in [-0.15, -0.1) is 0 Å². The SMILES string of the molecule is Cc1nc(NCCNC(=O)C23CC4CC(CC(C4)C2)C3)cc(-n2cccn2)n1. The summed E-state index contributed by atoms with van der Waals surface area (Å²) in [6, 6.07) is 3.74. The van der Waals surface area contributed by atoms with Crippen LogP contribution in [0, 0.1) is 30.1 Å². The molecule has 28 heavy (non-hydrogen) atoms. The zero-order valence-electron chi connectivity index (χ0n) is 16.4. The van der Waals surface area contributed by atoms with Crippen molar-refractivity contribution in [1.29, 1.82) is 0 Å². The number of hydrogen-bond acceptors (Lipinski definition) is 5. The number of nitrogens with zero attached hydrogens (tertiary/aromatic N) is 4. The van der Waals surface area contributed by atoms with Crippen LogP contribution < -0.4 is 10.6 Å². The molecule has 4 saturated carbocycles. The number of anilines is 1. The van der Waals surface area contributed by atoms with Crippen LogP contribution in [0.3, 0.4) is 0 Å². The van der Waals surface area contributed by atoms with E-state index in [1.165, 1.54) is 19.3 Å². The van der Waals surface area contributed by atoms with Gasteiger partial charge in [-0.1, -0.05) is 0 Å². The predicted octanol–water partition coefficient (Wildman–Crippen LogP) is 2.72. The van der Waals surface area contributed by atoms with E-state index in [1.807, 2.05) is 25.3 Å². The Hall–Kier alpha value is -2.44. The van der Waals surface area contributed by atoms with Crippen molar-refractivity contribution in [3.05, 3.63) is 30.4 Å². The molecule has 2 N–H and O–H groups in total. The minimum atomic E-state index is -0.0759. The minimum absolute atomic E-state index is 0.0759. The molecule has 7 nitrogen and oxygen atoms in total. The Morgan fingerprint density at radius 3 is 2.50 bits per heavy atom. The molecule has 2 aromatic heterocycles. The van der Waals surface area contributed by atoms with Gasteiger partial charge in [-0.05, 0) is 69.3 Å². The van der Waals surface area contributed by atoms with Gasteiger partial charge in [0.05, 0.1) is 0 Å². The fraction of sp³-hybridized carbons (Fsp3) is 0.619. The van der Waals surface area contributed by atoms with Crippen LogP contribution in [0.2, 0.25) is 0 Å². The van der Waals surface area contributed by atoms with Crippen molar-refractivity contribution in [3.63, 3.8) is 0 Å². The van der Waals surface area contributed by atoms with E-state index < -0.39 is 0 Å². The van der Waals surface area contributed by atoms with Crippen molar-refractivity contribution in [2.75, 3.05) is 18.4 Å². The molecule has 4 fully saturated rings. The summed E-state index contributed by atoms with van der Waals surface area (Å²) in [6.07, 6.45) is 11.0. The second-order valence-electron chi connectivity index (χ2n) is 8.99. The van der Waals surface area contributed by atoms with Gasteiger partial charge < -0.3 is 10.6 Å². The number of carbonyl (C=O) groups excluding carboxylic acids is 1. The number of nitrogens with one attached hydrogen (secondary N) is 2. The van der Waals surface area contributed by atoms with Crippen molar-refractivity contribution in [3.8, 4) is 5.82 Å². The van der Waals surface area contributed by atoms with Gasteiger partial charge in [-0.3, -0.25) is 4.79 Å². The van der Waals surface area contributed by atoms with Crippen LogP contribution in [0.1, 0.15) is 44.3 Å². The number of amides is 1. The van der Waals surface area contributed by atoms with Crippen LogP contribution in [0.5, 0.6) is 0 Å². The van der Waals surface area contributed by atoms with Crippen LogP contribution in [0.15, 0.2) is 24.5 Å². The average molecular weight is 380 g/mol. The maximum absolute atomic E-state index is 13.0. The summed E-state index contributed by atoms with van der Waals surface area (Å²) in [5.41, 5.74) is -0.0759. The van der Waals surface area contributed by atoms with Crippen LogP contribution in [-0.4, -0.2) is 38.7 Å². The molecule has 0 spiro atoms. The third-order valence-corrected chi connectivity index (χ3v) is 6.80. The molecule has 0 aromatic carbocycles. The highest BCUT2D eigenvalue weighted by Gasteiger charge is 2.54. The fourth-order valence-electron chi connectivity index (χ4n) is 6.11. The number of rotatable bonds is 6. The van der Waals surface area contributed by atoms with Gasteiger partial charge in [0.2, 0.25) is 5.91 Å². The van der Waals surface area contributed by atoms with Crippen molar-refractivity contribution < 1.29 is 4.79 Å². The predicted molar refractivity (Wildman–Crippen MR) is 106 cm³/mol. The second-order valence-corrected chi connectivity index (χ2v) is 8.99. The third-order valence-electron chi connectivity index (χ3n) is 6.80. The third kappa shape index (κ3) is 3.27. The number of hydrogen-bond donors (Lipinski definition) is 2. The number of carbonyl (C=O) groups is 1. The van der Waals surface area contributed by atoms with Crippen LogP contribution in [0.4, 0.5) is 5.82 Å². The van der Waals surface area contributed by atoms with E-state index in [4.69, 9.17) is 0 Å². The Morgan fingerprint density at radius 2 is 1.86 bits per heavy atom. The summed E-state index contributed by atoms with van der Waals surface area (Å²) in [4.78, 5) is 21.9. The molecule has 2 heterocycles. The Balaban J connectivity index is 1.17. The van der Waals surface area contributed by atoms with E-state index in [-0.39, 0.29) is 11.3 Å². The van der Waals surface area contributed by atoms with Gasteiger partial charge in [0.25, 0.3) is 0 Å². The van der Waals surface area contributed by atoms with Crippen molar-refractivity contribution in [2.45, 2.75) is 45.4 Å². The van der Waals surface area contributed by atoms with Crippen molar-refractivity contribution >= 4 is 11.7 Å². The average Bonchev–Trinajstić information content (AvgIpc) is 3.18. The molecular weight excluding hydrogens is 352 g/mol. The van der Waals surface area contributed by atoms with Gasteiger partial charge >= 0.3 is 0 Å². The van der Waals surface area contributed by atoms with E-state index in [0.717, 1.165) is 48.7 Å². The molecule has 0 saturated heterocycles. The van der Waals surface area contributed by atoms with E-state index in [9.17, 15) is 4.79 Å². The molecule has 7 heteroatoms. The molecular formula is C21H28N6O. The summed E-state index contributed by atoms with van der Waals surface area (Å²) < 4.78 is 1.72. The second kappa shape index (κ2) is 6.87. The summed E-state index contributed by atoms with van der Waals surface area (Å²) >= 11 is 0. The topological polar surface area (TPSA) is 84.7 Å².